The second kappa shape index (κ2) is 6.55. The summed E-state index contributed by atoms with van der Waals surface area (Å²) in [5.41, 5.74) is 2.57. The number of methoxy groups -OCH3 is 1. The number of benzene rings is 1. The maximum Gasteiger partial charge on any atom is 0.230 e. The van der Waals surface area contributed by atoms with Gasteiger partial charge in [0.15, 0.2) is 10.8 Å². The summed E-state index contributed by atoms with van der Waals surface area (Å²) in [4.78, 5) is 12.1. The molecule has 1 aromatic carbocycles. The molecule has 2 aromatic heterocycles. The van der Waals surface area contributed by atoms with Crippen LogP contribution in [-0.4, -0.2) is 38.9 Å². The molecule has 7 heteroatoms. The third-order valence-electron chi connectivity index (χ3n) is 3.68. The maximum atomic E-state index is 12.1. The molecule has 2 heterocycles. The Kier molecular flexibility index (Phi) is 4.60. The Bertz CT molecular complexity index is 944. The van der Waals surface area contributed by atoms with E-state index in [1.165, 1.54) is 11.8 Å². The molecule has 1 amide bonds. The van der Waals surface area contributed by atoms with Crippen molar-refractivity contribution in [2.24, 2.45) is 0 Å². The van der Waals surface area contributed by atoms with Gasteiger partial charge in [-0.15, -0.1) is 10.2 Å². The SMILES string of the molecule is COc1ccc2c(c1)cc(C)c1nnc(SCC(=O)NC(C)(C)C)n12. The summed E-state index contributed by atoms with van der Waals surface area (Å²) in [5.74, 6) is 1.08. The number of ether oxygens (including phenoxy) is 1. The molecule has 132 valence electrons. The van der Waals surface area contributed by atoms with E-state index in [1.807, 2.05) is 50.3 Å². The lowest BCUT2D eigenvalue weighted by molar-refractivity contribution is -0.119. The monoisotopic (exact) mass is 358 g/mol. The van der Waals surface area contributed by atoms with Crippen LogP contribution in [0.15, 0.2) is 29.4 Å². The van der Waals surface area contributed by atoms with Gasteiger partial charge < -0.3 is 10.1 Å². The second-order valence-electron chi connectivity index (χ2n) is 6.98. The molecule has 0 aliphatic rings. The van der Waals surface area contributed by atoms with Crippen molar-refractivity contribution in [3.05, 3.63) is 29.8 Å². The third kappa shape index (κ3) is 3.71. The number of carbonyl (C=O) groups is 1. The van der Waals surface area contributed by atoms with Crippen LogP contribution in [0.1, 0.15) is 26.3 Å². The first kappa shape index (κ1) is 17.5. The highest BCUT2D eigenvalue weighted by atomic mass is 32.2. The maximum absolute atomic E-state index is 12.1. The van der Waals surface area contributed by atoms with Crippen LogP contribution in [0.4, 0.5) is 0 Å². The van der Waals surface area contributed by atoms with E-state index in [9.17, 15) is 4.79 Å². The smallest absolute Gasteiger partial charge is 0.230 e. The number of amides is 1. The second-order valence-corrected chi connectivity index (χ2v) is 7.92. The van der Waals surface area contributed by atoms with Crippen LogP contribution in [0.25, 0.3) is 16.6 Å². The van der Waals surface area contributed by atoms with Gasteiger partial charge >= 0.3 is 0 Å². The first-order valence-electron chi connectivity index (χ1n) is 8.05. The minimum Gasteiger partial charge on any atom is -0.497 e. The molecule has 0 aliphatic carbocycles. The number of fused-ring (bicyclic) bond motifs is 3. The zero-order valence-corrected chi connectivity index (χ0v) is 15.9. The average Bonchev–Trinajstić information content (AvgIpc) is 2.95. The number of rotatable bonds is 4. The van der Waals surface area contributed by atoms with Crippen LogP contribution in [0, 0.1) is 6.92 Å². The molecule has 0 saturated heterocycles. The van der Waals surface area contributed by atoms with Gasteiger partial charge in [0, 0.05) is 10.9 Å². The normalized spacial score (nSPS) is 11.9. The van der Waals surface area contributed by atoms with Crippen LogP contribution in [-0.2, 0) is 4.79 Å². The lowest BCUT2D eigenvalue weighted by Crippen LogP contribution is -2.41. The molecule has 3 rings (SSSR count). The Morgan fingerprint density at radius 3 is 2.72 bits per heavy atom. The van der Waals surface area contributed by atoms with E-state index in [0.717, 1.165) is 27.9 Å². The molecule has 3 aromatic rings. The number of carbonyl (C=O) groups excluding carboxylic acids is 1. The van der Waals surface area contributed by atoms with Gasteiger partial charge in [0.25, 0.3) is 0 Å². The topological polar surface area (TPSA) is 68.5 Å². The van der Waals surface area contributed by atoms with E-state index >= 15 is 0 Å². The van der Waals surface area contributed by atoms with E-state index in [2.05, 4.69) is 21.6 Å². The number of aromatic nitrogens is 3. The summed E-state index contributed by atoms with van der Waals surface area (Å²) < 4.78 is 7.31. The fourth-order valence-corrected chi connectivity index (χ4v) is 3.44. The van der Waals surface area contributed by atoms with Gasteiger partial charge in [-0.25, -0.2) is 0 Å². The van der Waals surface area contributed by atoms with Crippen molar-refractivity contribution in [2.45, 2.75) is 38.4 Å². The fraction of sp³-hybridized carbons (Fsp3) is 0.389. The summed E-state index contributed by atoms with van der Waals surface area (Å²) in [6.45, 7) is 7.90. The average molecular weight is 358 g/mol. The Hall–Kier alpha value is -2.28. The first-order valence-corrected chi connectivity index (χ1v) is 9.03. The van der Waals surface area contributed by atoms with Crippen molar-refractivity contribution in [3.8, 4) is 5.75 Å². The Morgan fingerprint density at radius 1 is 1.28 bits per heavy atom. The van der Waals surface area contributed by atoms with Crippen LogP contribution in [0.2, 0.25) is 0 Å². The Labute approximate surface area is 151 Å². The first-order chi connectivity index (χ1) is 11.8. The molecule has 0 saturated carbocycles. The molecule has 25 heavy (non-hydrogen) atoms. The summed E-state index contributed by atoms with van der Waals surface area (Å²) in [5, 5.41) is 13.3. The largest absolute Gasteiger partial charge is 0.497 e. The summed E-state index contributed by atoms with van der Waals surface area (Å²) >= 11 is 1.38. The molecule has 0 fully saturated rings. The number of hydrogen-bond acceptors (Lipinski definition) is 5. The van der Waals surface area contributed by atoms with Crippen LogP contribution in [0.3, 0.4) is 0 Å². The Balaban J connectivity index is 1.98. The van der Waals surface area contributed by atoms with Crippen LogP contribution in [0.5, 0.6) is 5.75 Å². The fourth-order valence-electron chi connectivity index (χ4n) is 2.70. The number of thioether (sulfide) groups is 1. The lowest BCUT2D eigenvalue weighted by Gasteiger charge is -2.20. The van der Waals surface area contributed by atoms with Crippen LogP contribution >= 0.6 is 11.8 Å². The lowest BCUT2D eigenvalue weighted by atomic mass is 10.1. The van der Waals surface area contributed by atoms with E-state index in [1.54, 1.807) is 7.11 Å². The van der Waals surface area contributed by atoms with Crippen molar-refractivity contribution in [1.29, 1.82) is 0 Å². The zero-order chi connectivity index (χ0) is 18.2. The van der Waals surface area contributed by atoms with Crippen molar-refractivity contribution >= 4 is 34.2 Å². The highest BCUT2D eigenvalue weighted by Gasteiger charge is 2.17. The van der Waals surface area contributed by atoms with Gasteiger partial charge in [-0.3, -0.25) is 9.20 Å². The van der Waals surface area contributed by atoms with Gasteiger partial charge in [0.1, 0.15) is 5.75 Å². The third-order valence-corrected chi connectivity index (χ3v) is 4.61. The molecule has 0 bridgehead atoms. The molecular formula is C18H22N4O2S. The minimum atomic E-state index is -0.246. The van der Waals surface area contributed by atoms with Gasteiger partial charge in [-0.05, 0) is 57.5 Å². The molecule has 0 unspecified atom stereocenters. The number of nitrogens with zero attached hydrogens (tertiary/aromatic N) is 3. The Morgan fingerprint density at radius 2 is 2.04 bits per heavy atom. The highest BCUT2D eigenvalue weighted by molar-refractivity contribution is 7.99. The van der Waals surface area contributed by atoms with Gasteiger partial charge in [-0.2, -0.15) is 0 Å². The van der Waals surface area contributed by atoms with Gasteiger partial charge in [-0.1, -0.05) is 11.8 Å². The molecule has 0 spiro atoms. The number of aryl methyl sites for hydroxylation is 1. The van der Waals surface area contributed by atoms with Gasteiger partial charge in [0.05, 0.1) is 18.4 Å². The van der Waals surface area contributed by atoms with E-state index in [4.69, 9.17) is 4.74 Å². The number of hydrogen-bond donors (Lipinski definition) is 1. The standard InChI is InChI=1S/C18H22N4O2S/c1-11-8-12-9-13(24-5)6-7-14(12)22-16(11)20-21-17(22)25-10-15(23)19-18(2,3)4/h6-9H,10H2,1-5H3,(H,19,23). The van der Waals surface area contributed by atoms with E-state index in [-0.39, 0.29) is 11.4 Å². The molecule has 6 nitrogen and oxygen atoms in total. The van der Waals surface area contributed by atoms with Crippen molar-refractivity contribution in [2.75, 3.05) is 12.9 Å². The molecular weight excluding hydrogens is 336 g/mol. The molecule has 0 aliphatic heterocycles. The number of nitrogens with one attached hydrogen (secondary N) is 1. The molecule has 1 N–H and O–H groups in total. The minimum absolute atomic E-state index is 0.0205. The quantitative estimate of drug-likeness (QED) is 0.725. The van der Waals surface area contributed by atoms with Crippen molar-refractivity contribution in [3.63, 3.8) is 0 Å². The summed E-state index contributed by atoms with van der Waals surface area (Å²) in [6, 6.07) is 7.96. The zero-order valence-electron chi connectivity index (χ0n) is 15.1. The van der Waals surface area contributed by atoms with Gasteiger partial charge in [0.2, 0.25) is 5.91 Å². The van der Waals surface area contributed by atoms with Crippen molar-refractivity contribution in [1.82, 2.24) is 19.9 Å². The highest BCUT2D eigenvalue weighted by Crippen LogP contribution is 2.28. The summed E-state index contributed by atoms with van der Waals surface area (Å²) in [7, 11) is 1.65. The molecule has 0 atom stereocenters. The predicted octanol–water partition coefficient (Wildman–Crippen LogP) is 3.21. The van der Waals surface area contributed by atoms with E-state index < -0.39 is 0 Å². The van der Waals surface area contributed by atoms with Crippen LogP contribution < -0.4 is 10.1 Å². The van der Waals surface area contributed by atoms with Crippen molar-refractivity contribution < 1.29 is 9.53 Å². The summed E-state index contributed by atoms with van der Waals surface area (Å²) in [6.07, 6.45) is 0. The van der Waals surface area contributed by atoms with E-state index in [0.29, 0.717) is 10.9 Å². The number of pyridine rings is 1. The molecule has 0 radical (unpaired) electrons. The predicted molar refractivity (Wildman–Crippen MR) is 100 cm³/mol.